The lowest BCUT2D eigenvalue weighted by atomic mass is 10.3. The van der Waals surface area contributed by atoms with Crippen molar-refractivity contribution in [3.05, 3.63) is 58.2 Å². The number of sulfonamides is 1. The smallest absolute Gasteiger partial charge is 0.264 e. The van der Waals surface area contributed by atoms with Crippen molar-refractivity contribution in [1.29, 1.82) is 0 Å². The average molecular weight is 431 g/mol. The Morgan fingerprint density at radius 3 is 2.41 bits per heavy atom. The SMILES string of the molecule is NNC(=O)CN(c1cccc(I)c1)S(=O)(=O)c1ccccc1. The van der Waals surface area contributed by atoms with Crippen molar-refractivity contribution in [2.75, 3.05) is 10.8 Å². The molecule has 0 aliphatic carbocycles. The molecular weight excluding hydrogens is 417 g/mol. The maximum atomic E-state index is 12.8. The van der Waals surface area contributed by atoms with Crippen molar-refractivity contribution < 1.29 is 13.2 Å². The highest BCUT2D eigenvalue weighted by Crippen LogP contribution is 2.24. The van der Waals surface area contributed by atoms with E-state index >= 15 is 0 Å². The second-order valence-electron chi connectivity index (χ2n) is 4.37. The third-order valence-corrected chi connectivity index (χ3v) is 5.33. The molecule has 0 aliphatic rings. The lowest BCUT2D eigenvalue weighted by molar-refractivity contribution is -0.119. The Bertz CT molecular complexity index is 766. The van der Waals surface area contributed by atoms with Crippen molar-refractivity contribution in [3.63, 3.8) is 0 Å². The zero-order valence-corrected chi connectivity index (χ0v) is 14.4. The van der Waals surface area contributed by atoms with Gasteiger partial charge < -0.3 is 0 Å². The first-order chi connectivity index (χ1) is 10.4. The first-order valence-electron chi connectivity index (χ1n) is 6.28. The number of benzene rings is 2. The summed E-state index contributed by atoms with van der Waals surface area (Å²) in [5.74, 6) is 4.49. The minimum atomic E-state index is -3.86. The Hall–Kier alpha value is -1.65. The number of hydrazine groups is 1. The Kier molecular flexibility index (Phi) is 5.37. The first kappa shape index (κ1) is 16.7. The minimum absolute atomic E-state index is 0.110. The molecule has 1 amide bonds. The molecule has 0 aliphatic heterocycles. The molecule has 0 saturated heterocycles. The average Bonchev–Trinajstić information content (AvgIpc) is 2.53. The molecule has 22 heavy (non-hydrogen) atoms. The number of nitrogens with two attached hydrogens (primary N) is 1. The number of amides is 1. The highest BCUT2D eigenvalue weighted by molar-refractivity contribution is 14.1. The predicted molar refractivity (Wildman–Crippen MR) is 92.5 cm³/mol. The van der Waals surface area contributed by atoms with Crippen molar-refractivity contribution in [1.82, 2.24) is 5.43 Å². The molecule has 8 heteroatoms. The molecule has 2 rings (SSSR count). The fourth-order valence-electron chi connectivity index (χ4n) is 1.84. The number of anilines is 1. The number of hydrogen-bond acceptors (Lipinski definition) is 4. The monoisotopic (exact) mass is 431 g/mol. The van der Waals surface area contributed by atoms with E-state index in [1.165, 1.54) is 12.1 Å². The predicted octanol–water partition coefficient (Wildman–Crippen LogP) is 1.48. The second-order valence-corrected chi connectivity index (χ2v) is 7.48. The van der Waals surface area contributed by atoms with Gasteiger partial charge in [0.2, 0.25) is 0 Å². The van der Waals surface area contributed by atoms with E-state index in [1.54, 1.807) is 36.4 Å². The van der Waals surface area contributed by atoms with Crippen molar-refractivity contribution in [2.45, 2.75) is 4.90 Å². The van der Waals surface area contributed by atoms with Crippen LogP contribution < -0.4 is 15.6 Å². The van der Waals surface area contributed by atoms with Gasteiger partial charge in [0, 0.05) is 3.57 Å². The van der Waals surface area contributed by atoms with Crippen LogP contribution in [-0.2, 0) is 14.8 Å². The summed E-state index contributed by atoms with van der Waals surface area (Å²) < 4.78 is 27.5. The summed E-state index contributed by atoms with van der Waals surface area (Å²) >= 11 is 2.08. The summed E-state index contributed by atoms with van der Waals surface area (Å²) in [6, 6.07) is 14.8. The Labute approximate surface area is 142 Å². The van der Waals surface area contributed by atoms with Crippen LogP contribution in [0.25, 0.3) is 0 Å². The molecule has 6 nitrogen and oxygen atoms in total. The standard InChI is InChI=1S/C14H14IN3O3S/c15-11-5-4-6-12(9-11)18(10-14(19)17-16)22(20,21)13-7-2-1-3-8-13/h1-9H,10,16H2,(H,17,19). The molecule has 0 unspecified atom stereocenters. The summed E-state index contributed by atoms with van der Waals surface area (Å²) in [6.45, 7) is -0.395. The molecule has 0 fully saturated rings. The van der Waals surface area contributed by atoms with Gasteiger partial charge >= 0.3 is 0 Å². The number of halogens is 1. The van der Waals surface area contributed by atoms with E-state index in [0.717, 1.165) is 7.88 Å². The summed E-state index contributed by atoms with van der Waals surface area (Å²) in [7, 11) is -3.86. The number of nitrogens with one attached hydrogen (secondary N) is 1. The van der Waals surface area contributed by atoms with Crippen LogP contribution in [0.3, 0.4) is 0 Å². The highest BCUT2D eigenvalue weighted by Gasteiger charge is 2.26. The Balaban J connectivity index is 2.51. The van der Waals surface area contributed by atoms with Crippen LogP contribution in [0.5, 0.6) is 0 Å². The molecule has 0 radical (unpaired) electrons. The summed E-state index contributed by atoms with van der Waals surface area (Å²) in [6.07, 6.45) is 0. The fourth-order valence-corrected chi connectivity index (χ4v) is 3.80. The topological polar surface area (TPSA) is 92.5 Å². The number of carbonyl (C=O) groups is 1. The lowest BCUT2D eigenvalue weighted by Gasteiger charge is -2.23. The molecule has 0 spiro atoms. The summed E-state index contributed by atoms with van der Waals surface area (Å²) in [5.41, 5.74) is 2.36. The van der Waals surface area contributed by atoms with Crippen LogP contribution in [0.15, 0.2) is 59.5 Å². The van der Waals surface area contributed by atoms with Gasteiger partial charge in [-0.25, -0.2) is 14.3 Å². The third-order valence-electron chi connectivity index (χ3n) is 2.88. The van der Waals surface area contributed by atoms with Gasteiger partial charge in [-0.05, 0) is 52.9 Å². The highest BCUT2D eigenvalue weighted by atomic mass is 127. The normalized spacial score (nSPS) is 11.0. The summed E-state index contributed by atoms with van der Waals surface area (Å²) in [4.78, 5) is 11.7. The molecule has 116 valence electrons. The van der Waals surface area contributed by atoms with Gasteiger partial charge in [0.1, 0.15) is 6.54 Å². The van der Waals surface area contributed by atoms with Gasteiger partial charge in [-0.3, -0.25) is 14.5 Å². The van der Waals surface area contributed by atoms with Gasteiger partial charge in [0.05, 0.1) is 10.6 Å². The molecule has 0 bridgehead atoms. The van der Waals surface area contributed by atoms with E-state index in [4.69, 9.17) is 5.84 Å². The number of carbonyl (C=O) groups excluding carboxylic acids is 1. The maximum Gasteiger partial charge on any atom is 0.264 e. The molecular formula is C14H14IN3O3S. The Morgan fingerprint density at radius 1 is 1.14 bits per heavy atom. The van der Waals surface area contributed by atoms with Crippen LogP contribution in [0.4, 0.5) is 5.69 Å². The Morgan fingerprint density at radius 2 is 1.82 bits per heavy atom. The van der Waals surface area contributed by atoms with Gasteiger partial charge in [0.15, 0.2) is 0 Å². The molecule has 3 N–H and O–H groups in total. The minimum Gasteiger partial charge on any atom is -0.293 e. The van der Waals surface area contributed by atoms with E-state index in [1.807, 2.05) is 11.5 Å². The second kappa shape index (κ2) is 7.07. The van der Waals surface area contributed by atoms with Gasteiger partial charge in [-0.15, -0.1) is 0 Å². The van der Waals surface area contributed by atoms with Crippen molar-refractivity contribution in [3.8, 4) is 0 Å². The third kappa shape index (κ3) is 3.76. The van der Waals surface area contributed by atoms with E-state index < -0.39 is 22.5 Å². The van der Waals surface area contributed by atoms with E-state index in [2.05, 4.69) is 22.6 Å². The van der Waals surface area contributed by atoms with Crippen LogP contribution in [-0.4, -0.2) is 20.9 Å². The zero-order valence-electron chi connectivity index (χ0n) is 11.4. The quantitative estimate of drug-likeness (QED) is 0.325. The molecule has 2 aromatic carbocycles. The van der Waals surface area contributed by atoms with E-state index in [-0.39, 0.29) is 4.90 Å². The number of rotatable bonds is 5. The fraction of sp³-hybridized carbons (Fsp3) is 0.0714. The number of nitrogens with zero attached hydrogens (tertiary/aromatic N) is 1. The van der Waals surface area contributed by atoms with Crippen LogP contribution in [0.2, 0.25) is 0 Å². The van der Waals surface area contributed by atoms with Crippen LogP contribution >= 0.6 is 22.6 Å². The molecule has 2 aromatic rings. The molecule has 0 heterocycles. The zero-order chi connectivity index (χ0) is 16.2. The lowest BCUT2D eigenvalue weighted by Crippen LogP contribution is -2.43. The summed E-state index contributed by atoms with van der Waals surface area (Å²) in [5, 5.41) is 0. The van der Waals surface area contributed by atoms with Gasteiger partial charge in [-0.1, -0.05) is 24.3 Å². The largest absolute Gasteiger partial charge is 0.293 e. The van der Waals surface area contributed by atoms with E-state index in [9.17, 15) is 13.2 Å². The van der Waals surface area contributed by atoms with Crippen molar-refractivity contribution in [2.24, 2.45) is 5.84 Å². The van der Waals surface area contributed by atoms with Gasteiger partial charge in [0.25, 0.3) is 15.9 Å². The van der Waals surface area contributed by atoms with Crippen LogP contribution in [0.1, 0.15) is 0 Å². The first-order valence-corrected chi connectivity index (χ1v) is 8.80. The molecule has 0 aromatic heterocycles. The van der Waals surface area contributed by atoms with Gasteiger partial charge in [-0.2, -0.15) is 0 Å². The molecule has 0 saturated carbocycles. The van der Waals surface area contributed by atoms with Crippen molar-refractivity contribution >= 4 is 44.2 Å². The maximum absolute atomic E-state index is 12.8. The van der Waals surface area contributed by atoms with Crippen LogP contribution in [0, 0.1) is 3.57 Å². The van der Waals surface area contributed by atoms with E-state index in [0.29, 0.717) is 5.69 Å². The number of hydrogen-bond donors (Lipinski definition) is 2. The molecule has 0 atom stereocenters.